The number of carbonyl (C=O) groups is 3. The number of piperazine rings is 1. The molecule has 2 fully saturated rings. The quantitative estimate of drug-likeness (QED) is 0.742. The highest BCUT2D eigenvalue weighted by atomic mass is 19.1. The molecule has 2 saturated heterocycles. The summed E-state index contributed by atoms with van der Waals surface area (Å²) in [6, 6.07) is 13.0. The van der Waals surface area contributed by atoms with Gasteiger partial charge in [-0.3, -0.25) is 14.4 Å². The molecule has 0 saturated carbocycles. The van der Waals surface area contributed by atoms with Gasteiger partial charge in [-0.1, -0.05) is 17.7 Å². The number of aryl methyl sites for hydroxylation is 1. The van der Waals surface area contributed by atoms with E-state index in [4.69, 9.17) is 0 Å². The lowest BCUT2D eigenvalue weighted by atomic mass is 9.95. The van der Waals surface area contributed by atoms with Crippen molar-refractivity contribution >= 4 is 17.7 Å². The van der Waals surface area contributed by atoms with Crippen LogP contribution in [0.3, 0.4) is 0 Å². The van der Waals surface area contributed by atoms with Gasteiger partial charge in [0.25, 0.3) is 11.8 Å². The number of rotatable bonds is 3. The van der Waals surface area contributed by atoms with Crippen LogP contribution < -0.4 is 0 Å². The second kappa shape index (κ2) is 9.51. The first kappa shape index (κ1) is 22.0. The minimum Gasteiger partial charge on any atom is -0.339 e. The van der Waals surface area contributed by atoms with E-state index in [-0.39, 0.29) is 29.5 Å². The summed E-state index contributed by atoms with van der Waals surface area (Å²) >= 11 is 0. The maximum atomic E-state index is 13.2. The van der Waals surface area contributed by atoms with E-state index in [1.54, 1.807) is 9.80 Å². The molecule has 0 aliphatic carbocycles. The van der Waals surface area contributed by atoms with E-state index in [1.165, 1.54) is 24.3 Å². The van der Waals surface area contributed by atoms with Crippen molar-refractivity contribution in [1.29, 1.82) is 0 Å². The van der Waals surface area contributed by atoms with Crippen LogP contribution in [0.5, 0.6) is 0 Å². The van der Waals surface area contributed by atoms with Gasteiger partial charge < -0.3 is 14.7 Å². The number of nitrogens with zero attached hydrogens (tertiary/aromatic N) is 3. The monoisotopic (exact) mass is 437 g/mol. The Morgan fingerprint density at radius 3 is 1.91 bits per heavy atom. The molecule has 168 valence electrons. The second-order valence-electron chi connectivity index (χ2n) is 8.58. The Morgan fingerprint density at radius 1 is 0.750 bits per heavy atom. The van der Waals surface area contributed by atoms with Crippen molar-refractivity contribution < 1.29 is 18.8 Å². The molecule has 3 amide bonds. The summed E-state index contributed by atoms with van der Waals surface area (Å²) in [6.07, 6.45) is 1.50. The van der Waals surface area contributed by atoms with Gasteiger partial charge in [0.1, 0.15) is 5.82 Å². The lowest BCUT2D eigenvalue weighted by Crippen LogP contribution is -2.54. The highest BCUT2D eigenvalue weighted by Gasteiger charge is 2.33. The number of piperidine rings is 1. The van der Waals surface area contributed by atoms with E-state index in [2.05, 4.69) is 0 Å². The molecule has 1 atom stereocenters. The van der Waals surface area contributed by atoms with E-state index in [1.807, 2.05) is 36.1 Å². The number of carbonyl (C=O) groups excluding carboxylic acids is 3. The minimum absolute atomic E-state index is 0.00849. The fraction of sp³-hybridized carbons (Fsp3) is 0.400. The first-order valence-electron chi connectivity index (χ1n) is 11.1. The van der Waals surface area contributed by atoms with Crippen molar-refractivity contribution in [2.45, 2.75) is 19.8 Å². The van der Waals surface area contributed by atoms with Gasteiger partial charge in [-0.2, -0.15) is 0 Å². The second-order valence-corrected chi connectivity index (χ2v) is 8.58. The summed E-state index contributed by atoms with van der Waals surface area (Å²) in [4.78, 5) is 43.9. The SMILES string of the molecule is Cc1ccc(C(=O)N2CCN(C(=O)C3CCCN(C(=O)c4ccc(F)cc4)C3)CC2)cc1. The van der Waals surface area contributed by atoms with E-state index < -0.39 is 0 Å². The fourth-order valence-electron chi connectivity index (χ4n) is 4.41. The van der Waals surface area contributed by atoms with Crippen LogP contribution in [-0.2, 0) is 4.79 Å². The van der Waals surface area contributed by atoms with Crippen LogP contribution in [0.4, 0.5) is 4.39 Å². The Bertz CT molecular complexity index is 982. The molecule has 0 radical (unpaired) electrons. The van der Waals surface area contributed by atoms with E-state index in [0.717, 1.165) is 18.4 Å². The largest absolute Gasteiger partial charge is 0.339 e. The third kappa shape index (κ3) is 4.82. The maximum Gasteiger partial charge on any atom is 0.253 e. The van der Waals surface area contributed by atoms with Crippen molar-refractivity contribution in [3.05, 3.63) is 71.0 Å². The molecule has 0 aromatic heterocycles. The fourth-order valence-corrected chi connectivity index (χ4v) is 4.41. The van der Waals surface area contributed by atoms with E-state index >= 15 is 0 Å². The zero-order valence-corrected chi connectivity index (χ0v) is 18.3. The average molecular weight is 438 g/mol. The lowest BCUT2D eigenvalue weighted by Gasteiger charge is -2.39. The van der Waals surface area contributed by atoms with Crippen LogP contribution >= 0.6 is 0 Å². The average Bonchev–Trinajstić information content (AvgIpc) is 2.84. The van der Waals surface area contributed by atoms with Crippen LogP contribution in [-0.4, -0.2) is 71.7 Å². The zero-order valence-electron chi connectivity index (χ0n) is 18.3. The van der Waals surface area contributed by atoms with Crippen LogP contribution in [0.1, 0.15) is 39.1 Å². The third-order valence-corrected chi connectivity index (χ3v) is 6.33. The van der Waals surface area contributed by atoms with Gasteiger partial charge in [-0.15, -0.1) is 0 Å². The number of likely N-dealkylation sites (tertiary alicyclic amines) is 1. The normalized spacial score (nSPS) is 19.1. The van der Waals surface area contributed by atoms with Crippen molar-refractivity contribution in [1.82, 2.24) is 14.7 Å². The molecule has 2 aliphatic rings. The molecule has 4 rings (SSSR count). The summed E-state index contributed by atoms with van der Waals surface area (Å²) in [5.41, 5.74) is 2.21. The lowest BCUT2D eigenvalue weighted by molar-refractivity contribution is -0.138. The molecule has 0 N–H and O–H groups in total. The van der Waals surface area contributed by atoms with Gasteiger partial charge in [0.2, 0.25) is 5.91 Å². The number of amides is 3. The predicted molar refractivity (Wildman–Crippen MR) is 119 cm³/mol. The Morgan fingerprint density at radius 2 is 1.28 bits per heavy atom. The van der Waals surface area contributed by atoms with Gasteiger partial charge >= 0.3 is 0 Å². The van der Waals surface area contributed by atoms with Crippen molar-refractivity contribution in [3.8, 4) is 0 Å². The molecule has 0 bridgehead atoms. The zero-order chi connectivity index (χ0) is 22.7. The Kier molecular flexibility index (Phi) is 6.53. The molecule has 2 aromatic carbocycles. The summed E-state index contributed by atoms with van der Waals surface area (Å²) in [5.74, 6) is -0.758. The highest BCUT2D eigenvalue weighted by molar-refractivity contribution is 5.95. The maximum absolute atomic E-state index is 13.2. The molecule has 7 heteroatoms. The standard InChI is InChI=1S/C25H28FN3O3/c1-18-4-6-19(7-5-18)23(30)27-13-15-28(16-14-27)25(32)21-3-2-12-29(17-21)24(31)20-8-10-22(26)11-9-20/h4-11,21H,2-3,12-17H2,1H3. The molecule has 6 nitrogen and oxygen atoms in total. The number of halogens is 1. The summed E-state index contributed by atoms with van der Waals surface area (Å²) in [5, 5.41) is 0. The van der Waals surface area contributed by atoms with E-state index in [0.29, 0.717) is 50.4 Å². The number of benzene rings is 2. The van der Waals surface area contributed by atoms with Gasteiger partial charge in [0, 0.05) is 50.4 Å². The molecule has 32 heavy (non-hydrogen) atoms. The molecule has 0 spiro atoms. The van der Waals surface area contributed by atoms with Gasteiger partial charge in [0.15, 0.2) is 0 Å². The van der Waals surface area contributed by atoms with Crippen molar-refractivity contribution in [2.24, 2.45) is 5.92 Å². The summed E-state index contributed by atoms with van der Waals surface area (Å²) in [6.45, 7) is 4.96. The van der Waals surface area contributed by atoms with Gasteiger partial charge in [-0.05, 0) is 56.2 Å². The van der Waals surface area contributed by atoms with Crippen LogP contribution in [0.15, 0.2) is 48.5 Å². The van der Waals surface area contributed by atoms with Crippen LogP contribution in [0.2, 0.25) is 0 Å². The predicted octanol–water partition coefficient (Wildman–Crippen LogP) is 2.97. The Balaban J connectivity index is 1.32. The Labute approximate surface area is 187 Å². The minimum atomic E-state index is -0.381. The molecule has 2 aromatic rings. The smallest absolute Gasteiger partial charge is 0.253 e. The number of hydrogen-bond donors (Lipinski definition) is 0. The van der Waals surface area contributed by atoms with Gasteiger partial charge in [-0.25, -0.2) is 4.39 Å². The number of hydrogen-bond acceptors (Lipinski definition) is 3. The molecule has 1 unspecified atom stereocenters. The van der Waals surface area contributed by atoms with Crippen molar-refractivity contribution in [3.63, 3.8) is 0 Å². The molecular weight excluding hydrogens is 409 g/mol. The first-order chi connectivity index (χ1) is 15.4. The topological polar surface area (TPSA) is 60.9 Å². The van der Waals surface area contributed by atoms with Gasteiger partial charge in [0.05, 0.1) is 5.92 Å². The van der Waals surface area contributed by atoms with Crippen LogP contribution in [0, 0.1) is 18.7 Å². The summed E-state index contributed by atoms with van der Waals surface area (Å²) in [7, 11) is 0. The van der Waals surface area contributed by atoms with E-state index in [9.17, 15) is 18.8 Å². The Hall–Kier alpha value is -3.22. The third-order valence-electron chi connectivity index (χ3n) is 6.33. The highest BCUT2D eigenvalue weighted by Crippen LogP contribution is 2.22. The first-order valence-corrected chi connectivity index (χ1v) is 11.1. The molecule has 2 aliphatic heterocycles. The summed E-state index contributed by atoms with van der Waals surface area (Å²) < 4.78 is 13.2. The van der Waals surface area contributed by atoms with Crippen molar-refractivity contribution in [2.75, 3.05) is 39.3 Å². The van der Waals surface area contributed by atoms with Crippen LogP contribution in [0.25, 0.3) is 0 Å². The molecule has 2 heterocycles. The molecular formula is C25H28FN3O3.